The van der Waals surface area contributed by atoms with Crippen LogP contribution in [0.3, 0.4) is 0 Å². The van der Waals surface area contributed by atoms with Crippen LogP contribution in [0.4, 0.5) is 0 Å². The molecule has 2 unspecified atom stereocenters. The minimum absolute atomic E-state index is 0.197. The number of nitrogens with zero attached hydrogens (tertiary/aromatic N) is 2. The molecule has 0 aromatic rings. The van der Waals surface area contributed by atoms with Crippen molar-refractivity contribution >= 4 is 15.8 Å². The molecule has 0 amide bonds. The lowest BCUT2D eigenvalue weighted by atomic mass is 10.3. The summed E-state index contributed by atoms with van der Waals surface area (Å²) >= 11 is 0. The Morgan fingerprint density at radius 2 is 2.73 bits per heavy atom. The monoisotopic (exact) mass is 172 g/mol. The first-order valence-corrected chi connectivity index (χ1v) is 4.41. The third kappa shape index (κ3) is 1.77. The predicted octanol–water partition coefficient (Wildman–Crippen LogP) is 0.381. The second-order valence-electron chi connectivity index (χ2n) is 2.19. The van der Waals surface area contributed by atoms with E-state index in [0.717, 1.165) is 0 Å². The van der Waals surface area contributed by atoms with Crippen molar-refractivity contribution in [2.75, 3.05) is 6.61 Å². The van der Waals surface area contributed by atoms with Gasteiger partial charge in [-0.05, 0) is 6.92 Å². The average Bonchev–Trinajstić information content (AvgIpc) is 1.99. The van der Waals surface area contributed by atoms with Gasteiger partial charge in [0.1, 0.15) is 11.7 Å². The number of hydrogen-bond acceptors (Lipinski definition) is 4. The molecule has 0 fully saturated rings. The highest BCUT2D eigenvalue weighted by molar-refractivity contribution is 8.01. The first kappa shape index (κ1) is 8.21. The average molecular weight is 172 g/mol. The van der Waals surface area contributed by atoms with Gasteiger partial charge in [0.15, 0.2) is 0 Å². The van der Waals surface area contributed by atoms with E-state index in [0.29, 0.717) is 5.04 Å². The van der Waals surface area contributed by atoms with Gasteiger partial charge < -0.3 is 4.84 Å². The highest BCUT2D eigenvalue weighted by Crippen LogP contribution is 2.10. The molecule has 0 spiro atoms. The zero-order valence-corrected chi connectivity index (χ0v) is 6.93. The number of hydrogen-bond donors (Lipinski definition) is 0. The van der Waals surface area contributed by atoms with Crippen LogP contribution in [0.5, 0.6) is 0 Å². The fourth-order valence-corrected chi connectivity index (χ4v) is 1.81. The molecule has 5 heteroatoms. The molecule has 0 saturated carbocycles. The predicted molar refractivity (Wildman–Crippen MR) is 41.2 cm³/mol. The van der Waals surface area contributed by atoms with Crippen LogP contribution in [0, 0.1) is 11.3 Å². The Morgan fingerprint density at radius 3 is 3.36 bits per heavy atom. The molecule has 0 saturated heterocycles. The molecule has 60 valence electrons. The Kier molecular flexibility index (Phi) is 2.60. The molecule has 0 N–H and O–H groups in total. The maximum absolute atomic E-state index is 11.3. The van der Waals surface area contributed by atoms with Crippen LogP contribution in [0.15, 0.2) is 5.16 Å². The molecule has 1 aliphatic heterocycles. The largest absolute Gasteiger partial charge is 0.394 e. The molecule has 0 radical (unpaired) electrons. The Bertz CT molecular complexity index is 243. The number of oxime groups is 1. The molecule has 0 aliphatic carbocycles. The number of rotatable bonds is 1. The third-order valence-electron chi connectivity index (χ3n) is 1.37. The van der Waals surface area contributed by atoms with E-state index < -0.39 is 10.8 Å². The Labute approximate surface area is 67.3 Å². The van der Waals surface area contributed by atoms with Gasteiger partial charge >= 0.3 is 0 Å². The molecule has 1 rings (SSSR count). The summed E-state index contributed by atoms with van der Waals surface area (Å²) in [6.45, 7) is 1.93. The fourth-order valence-electron chi connectivity index (χ4n) is 0.787. The smallest absolute Gasteiger partial charge is 0.141 e. The summed E-state index contributed by atoms with van der Waals surface area (Å²) in [4.78, 5) is 4.76. The molecule has 0 aromatic heterocycles. The maximum atomic E-state index is 11.3. The standard InChI is InChI=1S/C6H8N2O2S/c1-5-8-10-4-6(2-3-7)11(5)9/h6H,2,4H2,1H3. The molecule has 0 aromatic carbocycles. The Balaban J connectivity index is 2.66. The molecule has 2 atom stereocenters. The summed E-state index contributed by atoms with van der Waals surface area (Å²) in [7, 11) is -1.12. The van der Waals surface area contributed by atoms with Crippen molar-refractivity contribution in [3.63, 3.8) is 0 Å². The molecule has 1 aliphatic rings. The quantitative estimate of drug-likeness (QED) is 0.574. The second-order valence-corrected chi connectivity index (χ2v) is 4.04. The molecular weight excluding hydrogens is 164 g/mol. The minimum Gasteiger partial charge on any atom is -0.394 e. The molecule has 11 heavy (non-hydrogen) atoms. The molecule has 1 heterocycles. The highest BCUT2D eigenvalue weighted by atomic mass is 32.2. The summed E-state index contributed by atoms with van der Waals surface area (Å²) in [5.74, 6) is 0. The van der Waals surface area contributed by atoms with Crippen molar-refractivity contribution in [1.82, 2.24) is 0 Å². The first-order valence-electron chi connectivity index (χ1n) is 3.20. The highest BCUT2D eigenvalue weighted by Gasteiger charge is 2.23. The lowest BCUT2D eigenvalue weighted by Crippen LogP contribution is -2.28. The summed E-state index contributed by atoms with van der Waals surface area (Å²) in [6.07, 6.45) is 0.263. The zero-order chi connectivity index (χ0) is 8.27. The van der Waals surface area contributed by atoms with Gasteiger partial charge in [-0.25, -0.2) is 0 Å². The summed E-state index contributed by atoms with van der Waals surface area (Å²) < 4.78 is 11.3. The number of nitriles is 1. The van der Waals surface area contributed by atoms with Crippen molar-refractivity contribution in [3.05, 3.63) is 0 Å². The van der Waals surface area contributed by atoms with Crippen LogP contribution in [0.25, 0.3) is 0 Å². The second kappa shape index (κ2) is 3.49. The summed E-state index contributed by atoms with van der Waals surface area (Å²) in [5, 5.41) is 12.2. The van der Waals surface area contributed by atoms with Crippen molar-refractivity contribution in [2.24, 2.45) is 5.16 Å². The van der Waals surface area contributed by atoms with Gasteiger partial charge in [-0.15, -0.1) is 0 Å². The van der Waals surface area contributed by atoms with Crippen LogP contribution in [0.1, 0.15) is 13.3 Å². The maximum Gasteiger partial charge on any atom is 0.141 e. The zero-order valence-electron chi connectivity index (χ0n) is 6.11. The van der Waals surface area contributed by atoms with E-state index in [1.807, 2.05) is 6.07 Å². The van der Waals surface area contributed by atoms with Gasteiger partial charge in [0.2, 0.25) is 0 Å². The van der Waals surface area contributed by atoms with E-state index in [2.05, 4.69) is 5.16 Å². The van der Waals surface area contributed by atoms with Crippen LogP contribution >= 0.6 is 0 Å². The van der Waals surface area contributed by atoms with Gasteiger partial charge in [0.05, 0.1) is 28.5 Å². The van der Waals surface area contributed by atoms with E-state index in [9.17, 15) is 4.21 Å². The van der Waals surface area contributed by atoms with Gasteiger partial charge in [0.25, 0.3) is 0 Å². The Morgan fingerprint density at radius 1 is 2.00 bits per heavy atom. The van der Waals surface area contributed by atoms with E-state index in [1.165, 1.54) is 0 Å². The fraction of sp³-hybridized carbons (Fsp3) is 0.667. The van der Waals surface area contributed by atoms with Crippen molar-refractivity contribution in [2.45, 2.75) is 18.6 Å². The molecule has 4 nitrogen and oxygen atoms in total. The SMILES string of the molecule is CC1=NOCC(CC#N)S1=O. The van der Waals surface area contributed by atoms with E-state index in [-0.39, 0.29) is 18.3 Å². The van der Waals surface area contributed by atoms with Crippen LogP contribution in [-0.4, -0.2) is 21.1 Å². The van der Waals surface area contributed by atoms with Crippen molar-refractivity contribution in [1.29, 1.82) is 5.26 Å². The summed E-state index contributed by atoms with van der Waals surface area (Å²) in [5.41, 5.74) is 0. The Hall–Kier alpha value is -0.890. The van der Waals surface area contributed by atoms with Crippen molar-refractivity contribution in [3.8, 4) is 6.07 Å². The van der Waals surface area contributed by atoms with E-state index in [1.54, 1.807) is 6.92 Å². The third-order valence-corrected chi connectivity index (χ3v) is 2.93. The first-order chi connectivity index (χ1) is 5.25. The van der Waals surface area contributed by atoms with Crippen LogP contribution in [-0.2, 0) is 15.6 Å². The van der Waals surface area contributed by atoms with Gasteiger partial charge in [-0.3, -0.25) is 4.21 Å². The lowest BCUT2D eigenvalue weighted by molar-refractivity contribution is 0.142. The molecular formula is C6H8N2O2S. The van der Waals surface area contributed by atoms with Crippen LogP contribution < -0.4 is 0 Å². The van der Waals surface area contributed by atoms with Gasteiger partial charge in [-0.2, -0.15) is 5.26 Å². The van der Waals surface area contributed by atoms with Gasteiger partial charge in [0, 0.05) is 0 Å². The molecule has 0 bridgehead atoms. The normalized spacial score (nSPS) is 30.0. The summed E-state index contributed by atoms with van der Waals surface area (Å²) in [6, 6.07) is 1.96. The topological polar surface area (TPSA) is 62.4 Å². The van der Waals surface area contributed by atoms with Crippen LogP contribution in [0.2, 0.25) is 0 Å². The van der Waals surface area contributed by atoms with Gasteiger partial charge in [-0.1, -0.05) is 5.16 Å². The lowest BCUT2D eigenvalue weighted by Gasteiger charge is -2.15. The van der Waals surface area contributed by atoms with E-state index >= 15 is 0 Å². The van der Waals surface area contributed by atoms with Crippen molar-refractivity contribution < 1.29 is 9.05 Å². The minimum atomic E-state index is -1.12. The van der Waals surface area contributed by atoms with E-state index in [4.69, 9.17) is 10.1 Å².